The lowest BCUT2D eigenvalue weighted by atomic mass is 10.3. The lowest BCUT2D eigenvalue weighted by Crippen LogP contribution is -2.03. The molecule has 0 fully saturated rings. The van der Waals surface area contributed by atoms with E-state index in [1.165, 1.54) is 12.3 Å². The first-order valence-electron chi connectivity index (χ1n) is 3.88. The zero-order valence-corrected chi connectivity index (χ0v) is 8.08. The first kappa shape index (κ1) is 10.5. The Kier molecular flexibility index (Phi) is 3.48. The smallest absolute Gasteiger partial charge is 0.337 e. The molecule has 0 bridgehead atoms. The third-order valence-corrected chi connectivity index (χ3v) is 1.79. The highest BCUT2D eigenvalue weighted by molar-refractivity contribution is 6.33. The topological polar surface area (TPSA) is 62.2 Å². The number of carbonyl (C=O) groups is 1. The van der Waals surface area contributed by atoms with E-state index in [0.29, 0.717) is 12.4 Å². The molecule has 1 aromatic heterocycles. The molecule has 0 atom stereocenters. The summed E-state index contributed by atoms with van der Waals surface area (Å²) in [7, 11) is 0. The van der Waals surface area contributed by atoms with Crippen molar-refractivity contribution in [3.8, 4) is 0 Å². The van der Waals surface area contributed by atoms with Gasteiger partial charge in [0.15, 0.2) is 0 Å². The van der Waals surface area contributed by atoms with Gasteiger partial charge in [-0.2, -0.15) is 0 Å². The summed E-state index contributed by atoms with van der Waals surface area (Å²) in [6.07, 6.45) is 2.91. The van der Waals surface area contributed by atoms with E-state index in [9.17, 15) is 4.79 Å². The van der Waals surface area contributed by atoms with E-state index in [0.717, 1.165) is 0 Å². The predicted octanol–water partition coefficient (Wildman–Crippen LogP) is 2.03. The van der Waals surface area contributed by atoms with Gasteiger partial charge >= 0.3 is 5.97 Å². The van der Waals surface area contributed by atoms with E-state index < -0.39 is 5.97 Å². The van der Waals surface area contributed by atoms with Crippen molar-refractivity contribution < 1.29 is 9.90 Å². The number of aromatic nitrogens is 1. The predicted molar refractivity (Wildman–Crippen MR) is 54.9 cm³/mol. The van der Waals surface area contributed by atoms with E-state index in [1.807, 2.05) is 0 Å². The minimum atomic E-state index is -1.05. The van der Waals surface area contributed by atoms with Crippen LogP contribution in [0.3, 0.4) is 0 Å². The van der Waals surface area contributed by atoms with Crippen LogP contribution in [0.1, 0.15) is 10.4 Å². The Bertz CT molecular complexity index is 366. The lowest BCUT2D eigenvalue weighted by Gasteiger charge is -2.04. The lowest BCUT2D eigenvalue weighted by molar-refractivity contribution is 0.0696. The highest BCUT2D eigenvalue weighted by Crippen LogP contribution is 2.19. The Morgan fingerprint density at radius 1 is 1.79 bits per heavy atom. The monoisotopic (exact) mass is 212 g/mol. The van der Waals surface area contributed by atoms with Gasteiger partial charge in [-0.05, 0) is 6.07 Å². The van der Waals surface area contributed by atoms with E-state index in [2.05, 4.69) is 16.9 Å². The van der Waals surface area contributed by atoms with Gasteiger partial charge in [0.2, 0.25) is 0 Å². The van der Waals surface area contributed by atoms with Gasteiger partial charge < -0.3 is 10.4 Å². The second-order valence-electron chi connectivity index (χ2n) is 2.53. The number of nitrogens with zero attached hydrogens (tertiary/aromatic N) is 1. The highest BCUT2D eigenvalue weighted by Gasteiger charge is 2.07. The minimum absolute atomic E-state index is 0.0687. The van der Waals surface area contributed by atoms with Gasteiger partial charge in [-0.25, -0.2) is 9.78 Å². The number of rotatable bonds is 4. The average Bonchev–Trinajstić information content (AvgIpc) is 2.15. The van der Waals surface area contributed by atoms with Gasteiger partial charge in [0.1, 0.15) is 5.82 Å². The number of nitrogens with one attached hydrogen (secondary N) is 1. The number of anilines is 1. The first-order chi connectivity index (χ1) is 6.65. The molecule has 2 N–H and O–H groups in total. The fraction of sp³-hybridized carbons (Fsp3) is 0.111. The van der Waals surface area contributed by atoms with Crippen molar-refractivity contribution in [3.05, 3.63) is 35.5 Å². The van der Waals surface area contributed by atoms with Crippen molar-refractivity contribution in [1.82, 2.24) is 4.98 Å². The maximum absolute atomic E-state index is 10.5. The number of pyridine rings is 1. The molecule has 1 rings (SSSR count). The summed E-state index contributed by atoms with van der Waals surface area (Å²) in [5, 5.41) is 11.8. The minimum Gasteiger partial charge on any atom is -0.478 e. The van der Waals surface area contributed by atoms with Crippen molar-refractivity contribution in [2.24, 2.45) is 0 Å². The van der Waals surface area contributed by atoms with Gasteiger partial charge in [0.25, 0.3) is 0 Å². The summed E-state index contributed by atoms with van der Waals surface area (Å²) in [5.41, 5.74) is 0.0687. The van der Waals surface area contributed by atoms with Crippen LogP contribution in [0.4, 0.5) is 5.82 Å². The summed E-state index contributed by atoms with van der Waals surface area (Å²) in [5.74, 6) is -0.591. The molecule has 1 heterocycles. The number of aromatic carboxylic acids is 1. The van der Waals surface area contributed by atoms with E-state index in [4.69, 9.17) is 16.7 Å². The van der Waals surface area contributed by atoms with Crippen LogP contribution in [0.2, 0.25) is 5.02 Å². The van der Waals surface area contributed by atoms with E-state index >= 15 is 0 Å². The third kappa shape index (κ3) is 2.47. The fourth-order valence-electron chi connectivity index (χ4n) is 0.854. The number of carboxylic acid groups (broad SMARTS) is 1. The average molecular weight is 213 g/mol. The largest absolute Gasteiger partial charge is 0.478 e. The number of hydrogen-bond acceptors (Lipinski definition) is 3. The number of halogens is 1. The molecule has 0 aromatic carbocycles. The second-order valence-corrected chi connectivity index (χ2v) is 2.94. The molecule has 0 aliphatic carbocycles. The highest BCUT2D eigenvalue weighted by atomic mass is 35.5. The summed E-state index contributed by atoms with van der Waals surface area (Å²) in [6.45, 7) is 4.05. The summed E-state index contributed by atoms with van der Waals surface area (Å²) < 4.78 is 0. The van der Waals surface area contributed by atoms with Crippen molar-refractivity contribution in [3.63, 3.8) is 0 Å². The first-order valence-corrected chi connectivity index (χ1v) is 4.26. The van der Waals surface area contributed by atoms with Crippen LogP contribution in [0.15, 0.2) is 24.9 Å². The van der Waals surface area contributed by atoms with Crippen LogP contribution in [0, 0.1) is 0 Å². The van der Waals surface area contributed by atoms with Gasteiger partial charge in [-0.1, -0.05) is 17.7 Å². The summed E-state index contributed by atoms with van der Waals surface area (Å²) >= 11 is 5.79. The molecule has 0 amide bonds. The van der Waals surface area contributed by atoms with Gasteiger partial charge in [0.05, 0.1) is 10.6 Å². The molecule has 0 saturated carbocycles. The van der Waals surface area contributed by atoms with Gasteiger partial charge in [0, 0.05) is 12.7 Å². The molecule has 0 saturated heterocycles. The van der Waals surface area contributed by atoms with Crippen LogP contribution < -0.4 is 5.32 Å². The summed E-state index contributed by atoms with van der Waals surface area (Å²) in [4.78, 5) is 14.4. The molecule has 0 unspecified atom stereocenters. The van der Waals surface area contributed by atoms with Crippen LogP contribution in [-0.4, -0.2) is 22.6 Å². The van der Waals surface area contributed by atoms with Crippen LogP contribution in [0.5, 0.6) is 0 Å². The molecule has 4 nitrogen and oxygen atoms in total. The molecule has 1 aromatic rings. The molecular weight excluding hydrogens is 204 g/mol. The third-order valence-electron chi connectivity index (χ3n) is 1.50. The molecule has 74 valence electrons. The molecule has 0 aliphatic rings. The van der Waals surface area contributed by atoms with Crippen molar-refractivity contribution >= 4 is 23.4 Å². The molecule has 0 spiro atoms. The van der Waals surface area contributed by atoms with Crippen LogP contribution in [-0.2, 0) is 0 Å². The maximum atomic E-state index is 10.5. The van der Waals surface area contributed by atoms with E-state index in [1.54, 1.807) is 6.08 Å². The molecule has 5 heteroatoms. The van der Waals surface area contributed by atoms with Gasteiger partial charge in [-0.15, -0.1) is 6.58 Å². The molecule has 14 heavy (non-hydrogen) atoms. The zero-order chi connectivity index (χ0) is 10.6. The van der Waals surface area contributed by atoms with Crippen molar-refractivity contribution in [2.75, 3.05) is 11.9 Å². The van der Waals surface area contributed by atoms with Crippen molar-refractivity contribution in [1.29, 1.82) is 0 Å². The fourth-order valence-corrected chi connectivity index (χ4v) is 1.09. The Morgan fingerprint density at radius 3 is 3.00 bits per heavy atom. The molecular formula is C9H9ClN2O2. The van der Waals surface area contributed by atoms with E-state index in [-0.39, 0.29) is 10.6 Å². The Hall–Kier alpha value is -1.55. The normalized spacial score (nSPS) is 9.50. The Morgan fingerprint density at radius 2 is 2.50 bits per heavy atom. The van der Waals surface area contributed by atoms with Crippen LogP contribution >= 0.6 is 11.6 Å². The van der Waals surface area contributed by atoms with Gasteiger partial charge in [-0.3, -0.25) is 0 Å². The molecule has 0 aliphatic heterocycles. The van der Waals surface area contributed by atoms with Crippen molar-refractivity contribution in [2.45, 2.75) is 0 Å². The standard InChI is InChI=1S/C9H9ClN2O2/c1-2-3-11-8-7(10)4-6(5-12-8)9(13)14/h2,4-5H,1,3H2,(H,11,12)(H,13,14). The maximum Gasteiger partial charge on any atom is 0.337 e. The SMILES string of the molecule is C=CCNc1ncc(C(=O)O)cc1Cl. The second kappa shape index (κ2) is 4.62. The Balaban J connectivity index is 2.89. The van der Waals surface area contributed by atoms with Crippen LogP contribution in [0.25, 0.3) is 0 Å². The number of carboxylic acids is 1. The molecule has 0 radical (unpaired) electrons. The number of hydrogen-bond donors (Lipinski definition) is 2. The quantitative estimate of drug-likeness (QED) is 0.750. The Labute approximate surface area is 86.2 Å². The summed E-state index contributed by atoms with van der Waals surface area (Å²) in [6, 6.07) is 1.35. The zero-order valence-electron chi connectivity index (χ0n) is 7.33.